The maximum Gasteiger partial charge on any atom is 0.151 e. The van der Waals surface area contributed by atoms with Crippen LogP contribution in [0.5, 0.6) is 0 Å². The molecule has 1 aromatic heterocycles. The third kappa shape index (κ3) is 2.38. The lowest BCUT2D eigenvalue weighted by atomic mass is 9.70. The van der Waals surface area contributed by atoms with E-state index in [4.69, 9.17) is 11.6 Å². The zero-order chi connectivity index (χ0) is 11.7. The molecule has 0 radical (unpaired) electrons. The number of hydrogen-bond acceptors (Lipinski definition) is 4. The predicted molar refractivity (Wildman–Crippen MR) is 68.3 cm³/mol. The summed E-state index contributed by atoms with van der Waals surface area (Å²) in [7, 11) is 0. The van der Waals surface area contributed by atoms with E-state index in [0.717, 1.165) is 18.8 Å². The smallest absolute Gasteiger partial charge is 0.151 e. The molecule has 2 fully saturated rings. The van der Waals surface area contributed by atoms with Gasteiger partial charge in [0.15, 0.2) is 5.15 Å². The summed E-state index contributed by atoms with van der Waals surface area (Å²) in [6.07, 6.45) is 6.33. The van der Waals surface area contributed by atoms with E-state index < -0.39 is 0 Å². The van der Waals surface area contributed by atoms with Crippen LogP contribution < -0.4 is 10.6 Å². The van der Waals surface area contributed by atoms with Crippen LogP contribution in [0.25, 0.3) is 0 Å². The number of aromatic nitrogens is 2. The molecule has 1 aromatic rings. The largest absolute Gasteiger partial charge is 0.366 e. The van der Waals surface area contributed by atoms with Gasteiger partial charge in [-0.25, -0.2) is 0 Å². The van der Waals surface area contributed by atoms with Gasteiger partial charge >= 0.3 is 0 Å². The summed E-state index contributed by atoms with van der Waals surface area (Å²) >= 11 is 5.72. The molecule has 17 heavy (non-hydrogen) atoms. The van der Waals surface area contributed by atoms with Crippen LogP contribution in [-0.2, 0) is 0 Å². The van der Waals surface area contributed by atoms with Gasteiger partial charge in [-0.2, -0.15) is 0 Å². The summed E-state index contributed by atoms with van der Waals surface area (Å²) in [6.45, 7) is 1.10. The lowest BCUT2D eigenvalue weighted by Gasteiger charge is -2.48. The molecule has 1 spiro atoms. The first-order chi connectivity index (χ1) is 8.26. The van der Waals surface area contributed by atoms with Gasteiger partial charge in [0.05, 0.1) is 0 Å². The summed E-state index contributed by atoms with van der Waals surface area (Å²) in [5, 5.41) is 15.5. The Balaban J connectivity index is 1.63. The van der Waals surface area contributed by atoms with Crippen molar-refractivity contribution in [3.05, 3.63) is 17.3 Å². The van der Waals surface area contributed by atoms with Crippen molar-refractivity contribution < 1.29 is 0 Å². The van der Waals surface area contributed by atoms with Gasteiger partial charge in [-0.1, -0.05) is 11.6 Å². The highest BCUT2D eigenvalue weighted by Crippen LogP contribution is 2.38. The maximum atomic E-state index is 5.72. The molecule has 1 aliphatic heterocycles. The van der Waals surface area contributed by atoms with Crippen LogP contribution in [0, 0.1) is 0 Å². The van der Waals surface area contributed by atoms with Gasteiger partial charge in [-0.3, -0.25) is 0 Å². The van der Waals surface area contributed by atoms with E-state index in [0.29, 0.717) is 16.7 Å². The van der Waals surface area contributed by atoms with Crippen molar-refractivity contribution in [2.24, 2.45) is 0 Å². The second-order valence-corrected chi connectivity index (χ2v) is 5.52. The van der Waals surface area contributed by atoms with Crippen LogP contribution in [0.2, 0.25) is 5.15 Å². The van der Waals surface area contributed by atoms with E-state index in [1.165, 1.54) is 25.7 Å². The first kappa shape index (κ1) is 11.2. The van der Waals surface area contributed by atoms with Crippen molar-refractivity contribution in [2.45, 2.75) is 43.7 Å². The molecule has 0 aromatic carbocycles. The number of nitrogens with one attached hydrogen (secondary N) is 2. The summed E-state index contributed by atoms with van der Waals surface area (Å²) in [5.41, 5.74) is 0.412. The molecule has 2 N–H and O–H groups in total. The SMILES string of the molecule is Clc1ccc(NC2CCNC3(CCC3)C2)nn1. The van der Waals surface area contributed by atoms with E-state index in [1.807, 2.05) is 6.07 Å². The van der Waals surface area contributed by atoms with Gasteiger partial charge < -0.3 is 10.6 Å². The van der Waals surface area contributed by atoms with Gasteiger partial charge in [0, 0.05) is 11.6 Å². The first-order valence-corrected chi connectivity index (χ1v) is 6.64. The number of anilines is 1. The van der Waals surface area contributed by atoms with Crippen LogP contribution in [-0.4, -0.2) is 28.3 Å². The molecule has 1 atom stereocenters. The number of hydrogen-bond donors (Lipinski definition) is 2. The van der Waals surface area contributed by atoms with Crippen molar-refractivity contribution >= 4 is 17.4 Å². The fraction of sp³-hybridized carbons (Fsp3) is 0.667. The summed E-state index contributed by atoms with van der Waals surface area (Å²) in [5.74, 6) is 0.829. The summed E-state index contributed by atoms with van der Waals surface area (Å²) < 4.78 is 0. The second-order valence-electron chi connectivity index (χ2n) is 5.14. The average molecular weight is 253 g/mol. The van der Waals surface area contributed by atoms with Crippen LogP contribution >= 0.6 is 11.6 Å². The predicted octanol–water partition coefficient (Wildman–Crippen LogP) is 2.22. The fourth-order valence-corrected chi connectivity index (χ4v) is 2.97. The topological polar surface area (TPSA) is 49.8 Å². The minimum absolute atomic E-state index is 0.412. The molecular formula is C12H17ClN4. The number of piperidine rings is 1. The van der Waals surface area contributed by atoms with Crippen molar-refractivity contribution in [1.82, 2.24) is 15.5 Å². The molecule has 3 rings (SSSR count). The van der Waals surface area contributed by atoms with Crippen molar-refractivity contribution in [3.63, 3.8) is 0 Å². The minimum Gasteiger partial charge on any atom is -0.366 e. The van der Waals surface area contributed by atoms with E-state index in [9.17, 15) is 0 Å². The van der Waals surface area contributed by atoms with Crippen LogP contribution in [0.1, 0.15) is 32.1 Å². The van der Waals surface area contributed by atoms with Gasteiger partial charge in [-0.15, -0.1) is 10.2 Å². The first-order valence-electron chi connectivity index (χ1n) is 6.27. The lowest BCUT2D eigenvalue weighted by Crippen LogP contribution is -2.58. The van der Waals surface area contributed by atoms with Gasteiger partial charge in [0.25, 0.3) is 0 Å². The highest BCUT2D eigenvalue weighted by Gasteiger charge is 2.40. The molecular weight excluding hydrogens is 236 g/mol. The highest BCUT2D eigenvalue weighted by atomic mass is 35.5. The third-order valence-corrected chi connectivity index (χ3v) is 4.13. The van der Waals surface area contributed by atoms with Crippen LogP contribution in [0.4, 0.5) is 5.82 Å². The third-order valence-electron chi connectivity index (χ3n) is 3.92. The average Bonchev–Trinajstić information content (AvgIpc) is 2.31. The Hall–Kier alpha value is -0.870. The van der Waals surface area contributed by atoms with Crippen molar-refractivity contribution in [1.29, 1.82) is 0 Å². The number of rotatable bonds is 2. The highest BCUT2D eigenvalue weighted by molar-refractivity contribution is 6.29. The molecule has 1 saturated heterocycles. The molecule has 2 aliphatic rings. The molecule has 1 aliphatic carbocycles. The van der Waals surface area contributed by atoms with Gasteiger partial charge in [0.2, 0.25) is 0 Å². The van der Waals surface area contributed by atoms with E-state index in [2.05, 4.69) is 20.8 Å². The van der Waals surface area contributed by atoms with E-state index in [1.54, 1.807) is 6.07 Å². The monoisotopic (exact) mass is 252 g/mol. The van der Waals surface area contributed by atoms with Crippen LogP contribution in [0.3, 0.4) is 0 Å². The Bertz CT molecular complexity index is 388. The Morgan fingerprint density at radius 3 is 2.88 bits per heavy atom. The standard InChI is InChI=1S/C12H17ClN4/c13-10-2-3-11(17-16-10)15-9-4-7-14-12(8-9)5-1-6-12/h2-3,9,14H,1,4-8H2,(H,15,17). The Morgan fingerprint density at radius 1 is 1.35 bits per heavy atom. The molecule has 0 amide bonds. The molecule has 4 nitrogen and oxygen atoms in total. The van der Waals surface area contributed by atoms with E-state index in [-0.39, 0.29) is 0 Å². The Labute approximate surface area is 106 Å². The lowest BCUT2D eigenvalue weighted by molar-refractivity contribution is 0.135. The van der Waals surface area contributed by atoms with Crippen molar-refractivity contribution in [3.8, 4) is 0 Å². The summed E-state index contributed by atoms with van der Waals surface area (Å²) in [4.78, 5) is 0. The summed E-state index contributed by atoms with van der Waals surface area (Å²) in [6, 6.07) is 4.18. The quantitative estimate of drug-likeness (QED) is 0.848. The molecule has 1 unspecified atom stereocenters. The molecule has 92 valence electrons. The van der Waals surface area contributed by atoms with Gasteiger partial charge in [0.1, 0.15) is 5.82 Å². The Morgan fingerprint density at radius 2 is 2.24 bits per heavy atom. The molecule has 2 heterocycles. The molecule has 1 saturated carbocycles. The number of halogens is 1. The number of nitrogens with zero attached hydrogens (tertiary/aromatic N) is 2. The second kappa shape index (κ2) is 4.42. The molecule has 0 bridgehead atoms. The zero-order valence-corrected chi connectivity index (χ0v) is 10.5. The molecule has 5 heteroatoms. The maximum absolute atomic E-state index is 5.72. The van der Waals surface area contributed by atoms with Crippen LogP contribution in [0.15, 0.2) is 12.1 Å². The Kier molecular flexibility index (Phi) is 2.92. The normalized spacial score (nSPS) is 26.5. The zero-order valence-electron chi connectivity index (χ0n) is 9.75. The van der Waals surface area contributed by atoms with Gasteiger partial charge in [-0.05, 0) is 50.8 Å². The minimum atomic E-state index is 0.412. The van der Waals surface area contributed by atoms with E-state index >= 15 is 0 Å². The van der Waals surface area contributed by atoms with Crippen molar-refractivity contribution in [2.75, 3.05) is 11.9 Å². The fourth-order valence-electron chi connectivity index (χ4n) is 2.87.